The van der Waals surface area contributed by atoms with E-state index < -0.39 is 0 Å². The molecule has 0 amide bonds. The Morgan fingerprint density at radius 3 is 2.60 bits per heavy atom. The summed E-state index contributed by atoms with van der Waals surface area (Å²) in [6.45, 7) is 1.55. The number of para-hydroxylation sites is 2. The van der Waals surface area contributed by atoms with Crippen molar-refractivity contribution in [3.8, 4) is 17.2 Å². The van der Waals surface area contributed by atoms with Crippen LogP contribution in [0, 0.1) is 0 Å². The predicted molar refractivity (Wildman–Crippen MR) is 99.1 cm³/mol. The number of hydrogen-bond acceptors (Lipinski definition) is 3. The molecule has 0 aromatic heterocycles. The van der Waals surface area contributed by atoms with Crippen LogP contribution in [-0.2, 0) is 6.54 Å². The summed E-state index contributed by atoms with van der Waals surface area (Å²) in [7, 11) is 0. The molecule has 25 heavy (non-hydrogen) atoms. The van der Waals surface area contributed by atoms with Gasteiger partial charge in [-0.1, -0.05) is 48.5 Å². The Bertz CT molecular complexity index is 832. The van der Waals surface area contributed by atoms with Gasteiger partial charge in [-0.3, -0.25) is 0 Å². The molecule has 3 heteroatoms. The second kappa shape index (κ2) is 7.41. The van der Waals surface area contributed by atoms with E-state index in [1.54, 1.807) is 0 Å². The van der Waals surface area contributed by atoms with E-state index in [0.717, 1.165) is 36.8 Å². The van der Waals surface area contributed by atoms with E-state index in [1.165, 1.54) is 11.1 Å². The van der Waals surface area contributed by atoms with Gasteiger partial charge in [-0.25, -0.2) is 0 Å². The second-order valence-electron chi connectivity index (χ2n) is 6.17. The monoisotopic (exact) mass is 331 g/mol. The van der Waals surface area contributed by atoms with Gasteiger partial charge in [0, 0.05) is 24.6 Å². The Labute approximate surface area is 148 Å². The van der Waals surface area contributed by atoms with Crippen molar-refractivity contribution < 1.29 is 9.47 Å². The van der Waals surface area contributed by atoms with Crippen LogP contribution in [0.4, 0.5) is 0 Å². The molecule has 126 valence electrons. The molecule has 4 rings (SSSR count). The molecule has 1 atom stereocenters. The summed E-state index contributed by atoms with van der Waals surface area (Å²) >= 11 is 0. The van der Waals surface area contributed by atoms with Crippen LogP contribution < -0.4 is 14.8 Å². The molecule has 0 spiro atoms. The molecular formula is C22H21NO2. The Morgan fingerprint density at radius 2 is 1.68 bits per heavy atom. The summed E-state index contributed by atoms with van der Waals surface area (Å²) in [5.74, 6) is 2.70. The van der Waals surface area contributed by atoms with E-state index in [2.05, 4.69) is 29.6 Å². The molecule has 1 heterocycles. The van der Waals surface area contributed by atoms with Crippen LogP contribution in [0.15, 0.2) is 78.9 Å². The van der Waals surface area contributed by atoms with Crippen LogP contribution in [0.5, 0.6) is 17.2 Å². The van der Waals surface area contributed by atoms with Crippen molar-refractivity contribution in [2.45, 2.75) is 19.0 Å². The first kappa shape index (κ1) is 15.7. The lowest BCUT2D eigenvalue weighted by Gasteiger charge is -2.26. The van der Waals surface area contributed by atoms with Gasteiger partial charge in [-0.05, 0) is 35.9 Å². The maximum Gasteiger partial charge on any atom is 0.127 e. The molecule has 0 saturated carbocycles. The van der Waals surface area contributed by atoms with Gasteiger partial charge in [-0.2, -0.15) is 0 Å². The number of fused-ring (bicyclic) bond motifs is 1. The van der Waals surface area contributed by atoms with Crippen LogP contribution in [0.2, 0.25) is 0 Å². The zero-order valence-corrected chi connectivity index (χ0v) is 14.0. The second-order valence-corrected chi connectivity index (χ2v) is 6.17. The summed E-state index contributed by atoms with van der Waals surface area (Å²) in [6.07, 6.45) is 0.983. The third-order valence-corrected chi connectivity index (χ3v) is 4.39. The first-order valence-electron chi connectivity index (χ1n) is 8.65. The normalized spacial score (nSPS) is 15.9. The molecule has 0 bridgehead atoms. The van der Waals surface area contributed by atoms with E-state index in [1.807, 2.05) is 54.6 Å². The van der Waals surface area contributed by atoms with E-state index in [-0.39, 0.29) is 0 Å². The maximum absolute atomic E-state index is 5.92. The zero-order chi connectivity index (χ0) is 16.9. The fourth-order valence-corrected chi connectivity index (χ4v) is 3.14. The highest BCUT2D eigenvalue weighted by Crippen LogP contribution is 2.31. The topological polar surface area (TPSA) is 30.5 Å². The van der Waals surface area contributed by atoms with Gasteiger partial charge in [0.2, 0.25) is 0 Å². The SMILES string of the molecule is c1ccc(Oc2cccc(CNC3CCOc4ccccc43)c2)cc1. The molecule has 3 nitrogen and oxygen atoms in total. The van der Waals surface area contributed by atoms with Gasteiger partial charge in [0.15, 0.2) is 0 Å². The van der Waals surface area contributed by atoms with Gasteiger partial charge in [-0.15, -0.1) is 0 Å². The zero-order valence-electron chi connectivity index (χ0n) is 14.0. The van der Waals surface area contributed by atoms with Gasteiger partial charge >= 0.3 is 0 Å². The Hall–Kier alpha value is -2.78. The molecule has 3 aromatic rings. The molecular weight excluding hydrogens is 310 g/mol. The first-order chi connectivity index (χ1) is 12.4. The van der Waals surface area contributed by atoms with Gasteiger partial charge < -0.3 is 14.8 Å². The lowest BCUT2D eigenvalue weighted by molar-refractivity contribution is 0.252. The van der Waals surface area contributed by atoms with Crippen molar-refractivity contribution in [2.24, 2.45) is 0 Å². The number of ether oxygens (including phenoxy) is 2. The molecule has 1 N–H and O–H groups in total. The third-order valence-electron chi connectivity index (χ3n) is 4.39. The molecule has 3 aromatic carbocycles. The van der Waals surface area contributed by atoms with Crippen LogP contribution in [0.3, 0.4) is 0 Å². The van der Waals surface area contributed by atoms with Crippen molar-refractivity contribution >= 4 is 0 Å². The van der Waals surface area contributed by atoms with Crippen molar-refractivity contribution in [3.63, 3.8) is 0 Å². The Morgan fingerprint density at radius 1 is 0.880 bits per heavy atom. The number of hydrogen-bond donors (Lipinski definition) is 1. The average molecular weight is 331 g/mol. The van der Waals surface area contributed by atoms with E-state index in [0.29, 0.717) is 6.04 Å². The van der Waals surface area contributed by atoms with Crippen molar-refractivity contribution in [3.05, 3.63) is 90.0 Å². The number of nitrogens with one attached hydrogen (secondary N) is 1. The number of benzene rings is 3. The lowest BCUT2D eigenvalue weighted by Crippen LogP contribution is -2.26. The van der Waals surface area contributed by atoms with Crippen molar-refractivity contribution in [1.29, 1.82) is 0 Å². The molecule has 1 aliphatic heterocycles. The highest BCUT2D eigenvalue weighted by Gasteiger charge is 2.20. The molecule has 0 radical (unpaired) electrons. The minimum absolute atomic E-state index is 0.323. The summed E-state index contributed by atoms with van der Waals surface area (Å²) in [6, 6.07) is 26.7. The molecule has 0 aliphatic carbocycles. The Kier molecular flexibility index (Phi) is 4.66. The highest BCUT2D eigenvalue weighted by atomic mass is 16.5. The minimum Gasteiger partial charge on any atom is -0.493 e. The molecule has 0 saturated heterocycles. The summed E-state index contributed by atoms with van der Waals surface area (Å²) in [5.41, 5.74) is 2.45. The summed E-state index contributed by atoms with van der Waals surface area (Å²) in [5, 5.41) is 3.65. The van der Waals surface area contributed by atoms with Crippen LogP contribution >= 0.6 is 0 Å². The number of rotatable bonds is 5. The molecule has 0 fully saturated rings. The largest absolute Gasteiger partial charge is 0.493 e. The van der Waals surface area contributed by atoms with Crippen molar-refractivity contribution in [1.82, 2.24) is 5.32 Å². The smallest absolute Gasteiger partial charge is 0.127 e. The van der Waals surface area contributed by atoms with E-state index in [4.69, 9.17) is 9.47 Å². The minimum atomic E-state index is 0.323. The highest BCUT2D eigenvalue weighted by molar-refractivity contribution is 5.38. The average Bonchev–Trinajstić information content (AvgIpc) is 2.67. The van der Waals surface area contributed by atoms with Crippen molar-refractivity contribution in [2.75, 3.05) is 6.61 Å². The predicted octanol–water partition coefficient (Wildman–Crippen LogP) is 5.09. The fraction of sp³-hybridized carbons (Fsp3) is 0.182. The molecule has 1 unspecified atom stereocenters. The van der Waals surface area contributed by atoms with Crippen LogP contribution in [-0.4, -0.2) is 6.61 Å². The standard InChI is InChI=1S/C22H21NO2/c1-2-8-18(9-3-1)25-19-10-6-7-17(15-19)16-23-21-13-14-24-22-12-5-4-11-20(21)22/h1-12,15,21,23H,13-14,16H2. The maximum atomic E-state index is 5.92. The first-order valence-corrected chi connectivity index (χ1v) is 8.65. The fourth-order valence-electron chi connectivity index (χ4n) is 3.14. The van der Waals surface area contributed by atoms with Crippen LogP contribution in [0.25, 0.3) is 0 Å². The quantitative estimate of drug-likeness (QED) is 0.706. The third kappa shape index (κ3) is 3.83. The summed E-state index contributed by atoms with van der Waals surface area (Å²) in [4.78, 5) is 0. The van der Waals surface area contributed by atoms with Gasteiger partial charge in [0.25, 0.3) is 0 Å². The van der Waals surface area contributed by atoms with Crippen LogP contribution in [0.1, 0.15) is 23.6 Å². The lowest BCUT2D eigenvalue weighted by atomic mass is 10.0. The van der Waals surface area contributed by atoms with Gasteiger partial charge in [0.1, 0.15) is 17.2 Å². The van der Waals surface area contributed by atoms with Gasteiger partial charge in [0.05, 0.1) is 6.61 Å². The summed E-state index contributed by atoms with van der Waals surface area (Å²) < 4.78 is 11.7. The Balaban J connectivity index is 1.43. The van der Waals surface area contributed by atoms with E-state index >= 15 is 0 Å². The van der Waals surface area contributed by atoms with E-state index in [9.17, 15) is 0 Å². The molecule has 1 aliphatic rings.